The fraction of sp³-hybridized carbons (Fsp3) is 0.176. The average molecular weight is 324 g/mol. The van der Waals surface area contributed by atoms with Gasteiger partial charge < -0.3 is 10.6 Å². The largest absolute Gasteiger partial charge is 0.366 e. The zero-order chi connectivity index (χ0) is 16.8. The fourth-order valence-electron chi connectivity index (χ4n) is 2.15. The van der Waals surface area contributed by atoms with E-state index in [0.717, 1.165) is 22.8 Å². The van der Waals surface area contributed by atoms with Crippen LogP contribution < -0.4 is 10.6 Å². The molecule has 0 aliphatic heterocycles. The minimum Gasteiger partial charge on any atom is -0.366 e. The van der Waals surface area contributed by atoms with E-state index in [9.17, 15) is 4.39 Å². The smallest absolute Gasteiger partial charge is 0.310 e. The van der Waals surface area contributed by atoms with Crippen LogP contribution in [-0.2, 0) is 13.1 Å². The van der Waals surface area contributed by atoms with Crippen LogP contribution in [-0.4, -0.2) is 19.9 Å². The summed E-state index contributed by atoms with van der Waals surface area (Å²) in [7, 11) is 0. The Morgan fingerprint density at radius 1 is 0.792 bits per heavy atom. The van der Waals surface area contributed by atoms with Gasteiger partial charge in [-0.15, -0.1) is 0 Å². The second kappa shape index (κ2) is 7.45. The molecule has 122 valence electrons. The molecule has 24 heavy (non-hydrogen) atoms. The molecule has 0 bridgehead atoms. The highest BCUT2D eigenvalue weighted by molar-refractivity contribution is 5.36. The molecule has 0 unspecified atom stereocenters. The van der Waals surface area contributed by atoms with E-state index < -0.39 is 6.08 Å². The Hall–Kier alpha value is -3.09. The monoisotopic (exact) mass is 324 g/mol. The van der Waals surface area contributed by atoms with E-state index in [4.69, 9.17) is 0 Å². The van der Waals surface area contributed by atoms with Crippen LogP contribution in [0.4, 0.5) is 16.0 Å². The molecular formula is C17H17FN6. The molecule has 3 aromatic rings. The van der Waals surface area contributed by atoms with E-state index in [-0.39, 0.29) is 0 Å². The van der Waals surface area contributed by atoms with Crippen molar-refractivity contribution in [2.45, 2.75) is 20.0 Å². The molecule has 2 N–H and O–H groups in total. The van der Waals surface area contributed by atoms with Crippen LogP contribution in [0, 0.1) is 13.0 Å². The van der Waals surface area contributed by atoms with E-state index in [1.54, 1.807) is 12.3 Å². The van der Waals surface area contributed by atoms with Crippen LogP contribution in [0.3, 0.4) is 0 Å². The molecule has 0 atom stereocenters. The van der Waals surface area contributed by atoms with Crippen LogP contribution >= 0.6 is 0 Å². The van der Waals surface area contributed by atoms with Crippen molar-refractivity contribution in [2.75, 3.05) is 10.6 Å². The van der Waals surface area contributed by atoms with Gasteiger partial charge in [-0.25, -0.2) is 15.0 Å². The maximum Gasteiger partial charge on any atom is 0.310 e. The van der Waals surface area contributed by atoms with Gasteiger partial charge >= 0.3 is 6.08 Å². The number of aromatic nitrogens is 4. The van der Waals surface area contributed by atoms with Crippen LogP contribution in [0.25, 0.3) is 0 Å². The Kier molecular flexibility index (Phi) is 4.90. The summed E-state index contributed by atoms with van der Waals surface area (Å²) in [4.78, 5) is 15.5. The van der Waals surface area contributed by atoms with Crippen molar-refractivity contribution in [3.8, 4) is 0 Å². The van der Waals surface area contributed by atoms with Crippen molar-refractivity contribution >= 4 is 11.6 Å². The van der Waals surface area contributed by atoms with Crippen molar-refractivity contribution in [3.05, 3.63) is 71.8 Å². The van der Waals surface area contributed by atoms with Crippen molar-refractivity contribution in [1.82, 2.24) is 19.9 Å². The molecule has 3 rings (SSSR count). The Balaban J connectivity index is 1.53. The number of nitrogens with one attached hydrogen (secondary N) is 2. The van der Waals surface area contributed by atoms with Crippen molar-refractivity contribution in [3.63, 3.8) is 0 Å². The molecular weight excluding hydrogens is 307 g/mol. The summed E-state index contributed by atoms with van der Waals surface area (Å²) in [6, 6.07) is 11.6. The number of aryl methyl sites for hydroxylation is 1. The SMILES string of the molecule is Cc1nccc(NCc2ccc(CNc3ccnc(F)n3)cc2)n1. The van der Waals surface area contributed by atoms with E-state index in [0.29, 0.717) is 18.9 Å². The summed E-state index contributed by atoms with van der Waals surface area (Å²) >= 11 is 0. The second-order valence-corrected chi connectivity index (χ2v) is 5.22. The van der Waals surface area contributed by atoms with Gasteiger partial charge in [0.1, 0.15) is 17.5 Å². The number of anilines is 2. The highest BCUT2D eigenvalue weighted by Gasteiger charge is 2.00. The number of benzene rings is 1. The Labute approximate surface area is 139 Å². The van der Waals surface area contributed by atoms with Crippen LogP contribution in [0.2, 0.25) is 0 Å². The summed E-state index contributed by atoms with van der Waals surface area (Å²) in [6.07, 6.45) is 2.38. The predicted octanol–water partition coefficient (Wildman–Crippen LogP) is 2.94. The molecule has 6 nitrogen and oxygen atoms in total. The van der Waals surface area contributed by atoms with E-state index >= 15 is 0 Å². The molecule has 0 spiro atoms. The van der Waals surface area contributed by atoms with Crippen molar-refractivity contribution in [1.29, 1.82) is 0 Å². The molecule has 0 fully saturated rings. The van der Waals surface area contributed by atoms with Gasteiger partial charge in [-0.2, -0.15) is 9.37 Å². The third-order valence-electron chi connectivity index (χ3n) is 3.37. The number of nitrogens with zero attached hydrogens (tertiary/aromatic N) is 4. The van der Waals surface area contributed by atoms with E-state index in [1.165, 1.54) is 6.20 Å². The molecule has 0 saturated carbocycles. The van der Waals surface area contributed by atoms with Gasteiger partial charge in [0.25, 0.3) is 0 Å². The van der Waals surface area contributed by atoms with Crippen LogP contribution in [0.5, 0.6) is 0 Å². The van der Waals surface area contributed by atoms with Crippen LogP contribution in [0.1, 0.15) is 17.0 Å². The Morgan fingerprint density at radius 3 is 1.88 bits per heavy atom. The molecule has 2 heterocycles. The quantitative estimate of drug-likeness (QED) is 0.679. The van der Waals surface area contributed by atoms with Gasteiger partial charge in [0.05, 0.1) is 0 Å². The van der Waals surface area contributed by atoms with Gasteiger partial charge in [0.2, 0.25) is 0 Å². The van der Waals surface area contributed by atoms with Gasteiger partial charge in [0, 0.05) is 25.5 Å². The minimum atomic E-state index is -0.735. The lowest BCUT2D eigenvalue weighted by molar-refractivity contribution is 0.540. The number of hydrogen-bond donors (Lipinski definition) is 2. The molecule has 0 saturated heterocycles. The summed E-state index contributed by atoms with van der Waals surface area (Å²) in [5.74, 6) is 2.01. The maximum absolute atomic E-state index is 12.9. The van der Waals surface area contributed by atoms with E-state index in [1.807, 2.05) is 37.3 Å². The first-order valence-electron chi connectivity index (χ1n) is 7.53. The average Bonchev–Trinajstić information content (AvgIpc) is 2.59. The third kappa shape index (κ3) is 4.45. The Morgan fingerprint density at radius 2 is 1.33 bits per heavy atom. The van der Waals surface area contributed by atoms with Gasteiger partial charge in [-0.05, 0) is 30.2 Å². The lowest BCUT2D eigenvalue weighted by atomic mass is 10.1. The third-order valence-corrected chi connectivity index (χ3v) is 3.37. The van der Waals surface area contributed by atoms with Crippen molar-refractivity contribution < 1.29 is 4.39 Å². The van der Waals surface area contributed by atoms with Crippen LogP contribution in [0.15, 0.2) is 48.8 Å². The summed E-state index contributed by atoms with van der Waals surface area (Å²) in [6.45, 7) is 3.10. The summed E-state index contributed by atoms with van der Waals surface area (Å²) in [5.41, 5.74) is 2.22. The van der Waals surface area contributed by atoms with Gasteiger partial charge in [-0.3, -0.25) is 0 Å². The first-order valence-corrected chi connectivity index (χ1v) is 7.53. The topological polar surface area (TPSA) is 75.6 Å². The molecule has 0 aliphatic carbocycles. The minimum absolute atomic E-state index is 0.465. The highest BCUT2D eigenvalue weighted by atomic mass is 19.1. The summed E-state index contributed by atoms with van der Waals surface area (Å²) in [5, 5.41) is 6.32. The number of rotatable bonds is 6. The normalized spacial score (nSPS) is 10.4. The molecule has 0 amide bonds. The molecule has 1 aromatic carbocycles. The summed E-state index contributed by atoms with van der Waals surface area (Å²) < 4.78 is 12.9. The lowest BCUT2D eigenvalue weighted by Gasteiger charge is -2.08. The Bertz CT molecular complexity index is 738. The van der Waals surface area contributed by atoms with Gasteiger partial charge in [0.15, 0.2) is 0 Å². The first kappa shape index (κ1) is 15.8. The standard InChI is InChI=1S/C17H17FN6/c1-12-19-8-6-15(23-12)21-10-13-2-4-14(5-3-13)11-22-16-7-9-20-17(18)24-16/h2-9H,10-11H2,1H3,(H,19,21,23)(H,20,22,24). The first-order chi connectivity index (χ1) is 11.7. The second-order valence-electron chi connectivity index (χ2n) is 5.22. The molecule has 7 heteroatoms. The van der Waals surface area contributed by atoms with Crippen molar-refractivity contribution in [2.24, 2.45) is 0 Å². The highest BCUT2D eigenvalue weighted by Crippen LogP contribution is 2.10. The number of halogens is 1. The van der Waals surface area contributed by atoms with E-state index in [2.05, 4.69) is 30.6 Å². The predicted molar refractivity (Wildman–Crippen MR) is 89.9 cm³/mol. The lowest BCUT2D eigenvalue weighted by Crippen LogP contribution is -2.04. The molecule has 0 radical (unpaired) electrons. The number of hydrogen-bond acceptors (Lipinski definition) is 6. The zero-order valence-corrected chi connectivity index (χ0v) is 13.2. The maximum atomic E-state index is 12.9. The molecule has 2 aromatic heterocycles. The molecule has 0 aliphatic rings. The zero-order valence-electron chi connectivity index (χ0n) is 13.2. The fourth-order valence-corrected chi connectivity index (χ4v) is 2.15. The van der Waals surface area contributed by atoms with Gasteiger partial charge in [-0.1, -0.05) is 24.3 Å².